The van der Waals surface area contributed by atoms with Crippen molar-refractivity contribution in [3.8, 4) is 0 Å². The topological polar surface area (TPSA) is 49.5 Å². The average Bonchev–Trinajstić information content (AvgIpc) is 2.59. The molecule has 3 nitrogen and oxygen atoms in total. The van der Waals surface area contributed by atoms with Gasteiger partial charge >= 0.3 is 0 Å². The summed E-state index contributed by atoms with van der Waals surface area (Å²) in [5.41, 5.74) is 6.83. The zero-order chi connectivity index (χ0) is 16.6. The van der Waals surface area contributed by atoms with E-state index in [-0.39, 0.29) is 5.92 Å². The van der Waals surface area contributed by atoms with Gasteiger partial charge in [0, 0.05) is 18.5 Å². The highest BCUT2D eigenvalue weighted by atomic mass is 16.3. The number of nitrogens with zero attached hydrogens (tertiary/aromatic N) is 1. The second-order valence-corrected chi connectivity index (χ2v) is 7.72. The fourth-order valence-corrected chi connectivity index (χ4v) is 4.39. The first-order valence-corrected chi connectivity index (χ1v) is 9.34. The Bertz CT molecular complexity index is 697. The summed E-state index contributed by atoms with van der Waals surface area (Å²) < 4.78 is 0. The Balaban J connectivity index is 1.67. The predicted octanol–water partition coefficient (Wildman–Crippen LogP) is 3.26. The summed E-state index contributed by atoms with van der Waals surface area (Å²) in [5, 5.41) is 13.8. The summed E-state index contributed by atoms with van der Waals surface area (Å²) in [5.74, 6) is 0.187. The van der Waals surface area contributed by atoms with Crippen LogP contribution < -0.4 is 5.73 Å². The molecule has 1 saturated carbocycles. The Morgan fingerprint density at radius 3 is 2.50 bits per heavy atom. The van der Waals surface area contributed by atoms with E-state index in [0.717, 1.165) is 51.7 Å². The summed E-state index contributed by atoms with van der Waals surface area (Å²) in [6.45, 7) is 3.05. The Hall–Kier alpha value is -1.42. The van der Waals surface area contributed by atoms with E-state index in [1.807, 2.05) is 0 Å². The lowest BCUT2D eigenvalue weighted by atomic mass is 9.67. The lowest BCUT2D eigenvalue weighted by Gasteiger charge is -2.46. The molecule has 1 aliphatic heterocycles. The monoisotopic (exact) mass is 324 g/mol. The molecule has 1 unspecified atom stereocenters. The molecule has 2 fully saturated rings. The van der Waals surface area contributed by atoms with E-state index in [2.05, 4.69) is 47.4 Å². The zero-order valence-corrected chi connectivity index (χ0v) is 14.3. The molecule has 0 amide bonds. The first kappa shape index (κ1) is 16.1. The molecule has 3 N–H and O–H groups in total. The lowest BCUT2D eigenvalue weighted by molar-refractivity contribution is -0.0654. The van der Waals surface area contributed by atoms with Gasteiger partial charge in [-0.15, -0.1) is 0 Å². The number of rotatable bonds is 4. The number of benzene rings is 2. The van der Waals surface area contributed by atoms with Crippen molar-refractivity contribution in [3.05, 3.63) is 48.0 Å². The molecule has 4 rings (SSSR count). The Morgan fingerprint density at radius 1 is 1.08 bits per heavy atom. The van der Waals surface area contributed by atoms with Crippen LogP contribution in [0, 0.1) is 0 Å². The molecule has 1 atom stereocenters. The maximum atomic E-state index is 11.2. The number of hydrogen-bond acceptors (Lipinski definition) is 3. The van der Waals surface area contributed by atoms with E-state index in [1.54, 1.807) is 0 Å². The third-order valence-electron chi connectivity index (χ3n) is 6.14. The molecule has 0 radical (unpaired) electrons. The molecule has 1 saturated heterocycles. The van der Waals surface area contributed by atoms with Crippen LogP contribution in [0.5, 0.6) is 0 Å². The normalized spacial score (nSPS) is 23.1. The second-order valence-electron chi connectivity index (χ2n) is 7.72. The van der Waals surface area contributed by atoms with Crippen molar-refractivity contribution in [1.29, 1.82) is 0 Å². The Labute approximate surface area is 144 Å². The number of nitrogens with two attached hydrogens (primary N) is 1. The highest BCUT2D eigenvalue weighted by Gasteiger charge is 2.44. The van der Waals surface area contributed by atoms with Crippen LogP contribution in [-0.4, -0.2) is 41.3 Å². The smallest absolute Gasteiger partial charge is 0.0728 e. The van der Waals surface area contributed by atoms with Gasteiger partial charge in [-0.1, -0.05) is 42.5 Å². The molecule has 2 aromatic rings. The molecule has 3 heteroatoms. The molecule has 1 aliphatic carbocycles. The highest BCUT2D eigenvalue weighted by Crippen LogP contribution is 2.45. The largest absolute Gasteiger partial charge is 0.389 e. The predicted molar refractivity (Wildman–Crippen MR) is 99.1 cm³/mol. The molecule has 24 heavy (non-hydrogen) atoms. The van der Waals surface area contributed by atoms with Crippen LogP contribution in [0.25, 0.3) is 10.8 Å². The minimum atomic E-state index is -0.538. The van der Waals surface area contributed by atoms with Crippen LogP contribution >= 0.6 is 0 Å². The average molecular weight is 324 g/mol. The highest BCUT2D eigenvalue weighted by molar-refractivity contribution is 5.86. The van der Waals surface area contributed by atoms with Gasteiger partial charge in [-0.05, 0) is 61.5 Å². The summed E-state index contributed by atoms with van der Waals surface area (Å²) in [6, 6.07) is 15.4. The fourth-order valence-electron chi connectivity index (χ4n) is 4.39. The quantitative estimate of drug-likeness (QED) is 0.907. The van der Waals surface area contributed by atoms with Gasteiger partial charge in [-0.3, -0.25) is 0 Å². The number of likely N-dealkylation sites (tertiary alicyclic amines) is 1. The molecule has 0 spiro atoms. The third kappa shape index (κ3) is 2.97. The Morgan fingerprint density at radius 2 is 1.79 bits per heavy atom. The number of aliphatic hydroxyl groups is 1. The summed E-state index contributed by atoms with van der Waals surface area (Å²) in [6.07, 6.45) is 5.13. The van der Waals surface area contributed by atoms with Crippen molar-refractivity contribution in [2.45, 2.75) is 49.7 Å². The van der Waals surface area contributed by atoms with Gasteiger partial charge in [0.05, 0.1) is 5.60 Å². The maximum absolute atomic E-state index is 11.2. The standard InChI is InChI=1S/C21H28N2O/c22-17-9-13-23(14-10-17)15-20(21(24)11-4-12-21)19-8-3-6-16-5-1-2-7-18(16)19/h1-3,5-8,17,20,24H,4,9-15,22H2. The van der Waals surface area contributed by atoms with Gasteiger partial charge < -0.3 is 15.7 Å². The van der Waals surface area contributed by atoms with E-state index in [9.17, 15) is 5.11 Å². The van der Waals surface area contributed by atoms with Gasteiger partial charge in [-0.25, -0.2) is 0 Å². The first-order chi connectivity index (χ1) is 11.7. The van der Waals surface area contributed by atoms with E-state index < -0.39 is 5.60 Å². The number of hydrogen-bond donors (Lipinski definition) is 2. The van der Waals surface area contributed by atoms with E-state index in [4.69, 9.17) is 5.73 Å². The van der Waals surface area contributed by atoms with Crippen LogP contribution in [0.4, 0.5) is 0 Å². The van der Waals surface area contributed by atoms with Gasteiger partial charge in [0.1, 0.15) is 0 Å². The molecule has 0 bridgehead atoms. The van der Waals surface area contributed by atoms with Gasteiger partial charge in [-0.2, -0.15) is 0 Å². The van der Waals surface area contributed by atoms with Crippen LogP contribution in [0.1, 0.15) is 43.6 Å². The molecular weight excluding hydrogens is 296 g/mol. The third-order valence-corrected chi connectivity index (χ3v) is 6.14. The maximum Gasteiger partial charge on any atom is 0.0728 e. The van der Waals surface area contributed by atoms with Crippen molar-refractivity contribution in [1.82, 2.24) is 4.90 Å². The SMILES string of the molecule is NC1CCN(CC(c2cccc3ccccc23)C2(O)CCC2)CC1. The van der Waals surface area contributed by atoms with Crippen LogP contribution in [0.15, 0.2) is 42.5 Å². The molecule has 2 aliphatic rings. The van der Waals surface area contributed by atoms with Gasteiger partial charge in [0.25, 0.3) is 0 Å². The molecular formula is C21H28N2O. The lowest BCUT2D eigenvalue weighted by Crippen LogP contribution is -2.49. The minimum absolute atomic E-state index is 0.187. The van der Waals surface area contributed by atoms with Gasteiger partial charge in [0.15, 0.2) is 0 Å². The summed E-state index contributed by atoms with van der Waals surface area (Å²) in [4.78, 5) is 2.51. The van der Waals surface area contributed by atoms with Crippen molar-refractivity contribution in [3.63, 3.8) is 0 Å². The Kier molecular flexibility index (Phi) is 4.33. The van der Waals surface area contributed by atoms with E-state index in [1.165, 1.54) is 16.3 Å². The molecule has 1 heterocycles. The second kappa shape index (κ2) is 6.47. The fraction of sp³-hybridized carbons (Fsp3) is 0.524. The number of fused-ring (bicyclic) bond motifs is 1. The zero-order valence-electron chi connectivity index (χ0n) is 14.3. The number of piperidine rings is 1. The van der Waals surface area contributed by atoms with Crippen LogP contribution in [0.2, 0.25) is 0 Å². The summed E-state index contributed by atoms with van der Waals surface area (Å²) in [7, 11) is 0. The van der Waals surface area contributed by atoms with E-state index >= 15 is 0 Å². The van der Waals surface area contributed by atoms with Crippen molar-refractivity contribution in [2.24, 2.45) is 5.73 Å². The molecule has 128 valence electrons. The van der Waals surface area contributed by atoms with E-state index in [0.29, 0.717) is 6.04 Å². The van der Waals surface area contributed by atoms with Crippen molar-refractivity contribution in [2.75, 3.05) is 19.6 Å². The van der Waals surface area contributed by atoms with Crippen LogP contribution in [-0.2, 0) is 0 Å². The minimum Gasteiger partial charge on any atom is -0.389 e. The van der Waals surface area contributed by atoms with Crippen molar-refractivity contribution < 1.29 is 5.11 Å². The first-order valence-electron chi connectivity index (χ1n) is 9.34. The summed E-state index contributed by atoms with van der Waals surface area (Å²) >= 11 is 0. The molecule has 0 aromatic heterocycles. The molecule has 2 aromatic carbocycles. The van der Waals surface area contributed by atoms with Crippen molar-refractivity contribution >= 4 is 10.8 Å². The van der Waals surface area contributed by atoms with Crippen LogP contribution in [0.3, 0.4) is 0 Å². The van der Waals surface area contributed by atoms with Gasteiger partial charge in [0.2, 0.25) is 0 Å².